The van der Waals surface area contributed by atoms with E-state index < -0.39 is 12.0 Å². The zero-order chi connectivity index (χ0) is 15.3. The maximum absolute atomic E-state index is 11.8. The molecule has 0 aromatic carbocycles. The van der Waals surface area contributed by atoms with Crippen LogP contribution in [-0.2, 0) is 9.59 Å². The number of carbonyl (C=O) groups is 2. The molecule has 0 heterocycles. The van der Waals surface area contributed by atoms with Crippen molar-refractivity contribution in [1.82, 2.24) is 4.90 Å². The first-order chi connectivity index (χ1) is 9.36. The van der Waals surface area contributed by atoms with Gasteiger partial charge in [-0.15, -0.1) is 0 Å². The second-order valence-electron chi connectivity index (χ2n) is 5.97. The SMILES string of the molecule is [B]CC[C@@H]1CC[C@@H](CN(C)C(=O)[C@H](C)N)[C@@H](C(=O)O)C1. The van der Waals surface area contributed by atoms with E-state index in [0.717, 1.165) is 19.3 Å². The molecule has 5 nitrogen and oxygen atoms in total. The zero-order valence-electron chi connectivity index (χ0n) is 12.4. The quantitative estimate of drug-likeness (QED) is 0.708. The first-order valence-corrected chi connectivity index (χ1v) is 7.30. The van der Waals surface area contributed by atoms with E-state index in [1.807, 2.05) is 0 Å². The van der Waals surface area contributed by atoms with Gasteiger partial charge in [0.15, 0.2) is 0 Å². The molecule has 0 saturated heterocycles. The highest BCUT2D eigenvalue weighted by Gasteiger charge is 2.36. The summed E-state index contributed by atoms with van der Waals surface area (Å²) in [5.74, 6) is -0.888. The summed E-state index contributed by atoms with van der Waals surface area (Å²) in [6.07, 6.45) is 3.97. The van der Waals surface area contributed by atoms with Crippen molar-refractivity contribution >= 4 is 19.7 Å². The lowest BCUT2D eigenvalue weighted by molar-refractivity contribution is -0.147. The van der Waals surface area contributed by atoms with Gasteiger partial charge in [0.25, 0.3) is 0 Å². The number of carboxylic acids is 1. The fourth-order valence-electron chi connectivity index (χ4n) is 3.13. The van der Waals surface area contributed by atoms with E-state index in [-0.39, 0.29) is 17.7 Å². The zero-order valence-corrected chi connectivity index (χ0v) is 12.4. The summed E-state index contributed by atoms with van der Waals surface area (Å²) in [5, 5.41) is 9.40. The minimum Gasteiger partial charge on any atom is -0.481 e. The van der Waals surface area contributed by atoms with Gasteiger partial charge in [-0.3, -0.25) is 9.59 Å². The van der Waals surface area contributed by atoms with Gasteiger partial charge in [-0.05, 0) is 31.6 Å². The van der Waals surface area contributed by atoms with Crippen LogP contribution >= 0.6 is 0 Å². The van der Waals surface area contributed by atoms with E-state index in [2.05, 4.69) is 0 Å². The summed E-state index contributed by atoms with van der Waals surface area (Å²) in [5.41, 5.74) is 5.58. The number of carboxylic acid groups (broad SMARTS) is 1. The van der Waals surface area contributed by atoms with Gasteiger partial charge in [0.1, 0.15) is 0 Å². The third kappa shape index (κ3) is 4.51. The summed E-state index contributed by atoms with van der Waals surface area (Å²) >= 11 is 0. The largest absolute Gasteiger partial charge is 0.481 e. The van der Waals surface area contributed by atoms with Crippen LogP contribution in [0.25, 0.3) is 0 Å². The van der Waals surface area contributed by atoms with E-state index in [4.69, 9.17) is 13.6 Å². The van der Waals surface area contributed by atoms with Crippen LogP contribution in [0.3, 0.4) is 0 Å². The molecule has 1 fully saturated rings. The van der Waals surface area contributed by atoms with Gasteiger partial charge < -0.3 is 15.7 Å². The Labute approximate surface area is 122 Å². The molecule has 0 bridgehead atoms. The van der Waals surface area contributed by atoms with Crippen LogP contribution in [0.2, 0.25) is 6.32 Å². The number of hydrogen-bond acceptors (Lipinski definition) is 3. The summed E-state index contributed by atoms with van der Waals surface area (Å²) in [6.45, 7) is 2.11. The summed E-state index contributed by atoms with van der Waals surface area (Å²) in [4.78, 5) is 24.8. The lowest BCUT2D eigenvalue weighted by Gasteiger charge is -2.36. The average molecular weight is 280 g/mol. The molecule has 0 aliphatic heterocycles. The molecule has 1 rings (SSSR count). The second-order valence-corrected chi connectivity index (χ2v) is 5.97. The van der Waals surface area contributed by atoms with Gasteiger partial charge in [-0.1, -0.05) is 19.2 Å². The van der Waals surface area contributed by atoms with Crippen molar-refractivity contribution in [2.24, 2.45) is 23.5 Å². The van der Waals surface area contributed by atoms with Crippen LogP contribution in [0.4, 0.5) is 0 Å². The third-order valence-corrected chi connectivity index (χ3v) is 4.27. The summed E-state index contributed by atoms with van der Waals surface area (Å²) in [7, 11) is 7.25. The van der Waals surface area contributed by atoms with E-state index in [9.17, 15) is 14.7 Å². The fraction of sp³-hybridized carbons (Fsp3) is 0.857. The number of rotatable bonds is 6. The van der Waals surface area contributed by atoms with Crippen LogP contribution in [0, 0.1) is 17.8 Å². The number of carbonyl (C=O) groups excluding carboxylic acids is 1. The van der Waals surface area contributed by atoms with Crippen LogP contribution in [0.5, 0.6) is 0 Å². The first-order valence-electron chi connectivity index (χ1n) is 7.30. The third-order valence-electron chi connectivity index (χ3n) is 4.27. The number of likely N-dealkylation sites (N-methyl/N-ethyl adjacent to an activating group) is 1. The Kier molecular flexibility index (Phi) is 6.53. The van der Waals surface area contributed by atoms with Gasteiger partial charge in [0, 0.05) is 13.6 Å². The Hall–Kier alpha value is -1.04. The molecular formula is C14H25BN2O3. The van der Waals surface area contributed by atoms with Gasteiger partial charge in [-0.25, -0.2) is 0 Å². The van der Waals surface area contributed by atoms with E-state index in [0.29, 0.717) is 25.2 Å². The number of amides is 1. The predicted molar refractivity (Wildman–Crippen MR) is 78.4 cm³/mol. The molecule has 0 aromatic heterocycles. The number of hydrogen-bond donors (Lipinski definition) is 2. The maximum atomic E-state index is 11.8. The molecule has 1 aliphatic carbocycles. The predicted octanol–water partition coefficient (Wildman–Crippen LogP) is 0.886. The minimum atomic E-state index is -0.765. The number of aliphatic carboxylic acids is 1. The van der Waals surface area contributed by atoms with Crippen molar-refractivity contribution in [3.63, 3.8) is 0 Å². The Morgan fingerprint density at radius 1 is 1.45 bits per heavy atom. The van der Waals surface area contributed by atoms with Crippen molar-refractivity contribution in [1.29, 1.82) is 0 Å². The van der Waals surface area contributed by atoms with Crippen molar-refractivity contribution < 1.29 is 14.7 Å². The van der Waals surface area contributed by atoms with Crippen molar-refractivity contribution in [3.05, 3.63) is 0 Å². The molecule has 2 radical (unpaired) electrons. The fourth-order valence-corrected chi connectivity index (χ4v) is 3.13. The summed E-state index contributed by atoms with van der Waals surface area (Å²) in [6, 6.07) is -0.545. The van der Waals surface area contributed by atoms with Crippen LogP contribution < -0.4 is 5.73 Å². The number of nitrogens with zero attached hydrogens (tertiary/aromatic N) is 1. The Balaban J connectivity index is 2.64. The van der Waals surface area contributed by atoms with E-state index in [1.165, 1.54) is 0 Å². The van der Waals surface area contributed by atoms with Gasteiger partial charge in [-0.2, -0.15) is 0 Å². The molecule has 6 heteroatoms. The van der Waals surface area contributed by atoms with Crippen molar-refractivity contribution in [3.8, 4) is 0 Å². The van der Waals surface area contributed by atoms with Crippen LogP contribution in [0.1, 0.15) is 32.6 Å². The molecule has 0 aromatic rings. The molecule has 1 amide bonds. The molecular weight excluding hydrogens is 255 g/mol. The Morgan fingerprint density at radius 3 is 2.60 bits per heavy atom. The Bertz CT molecular complexity index is 349. The van der Waals surface area contributed by atoms with Crippen LogP contribution in [0.15, 0.2) is 0 Å². The van der Waals surface area contributed by atoms with Crippen molar-refractivity contribution in [2.45, 2.75) is 45.0 Å². The highest BCUT2D eigenvalue weighted by atomic mass is 16.4. The van der Waals surface area contributed by atoms with Gasteiger partial charge >= 0.3 is 5.97 Å². The second kappa shape index (κ2) is 7.67. The maximum Gasteiger partial charge on any atom is 0.306 e. The first kappa shape index (κ1) is 17.0. The lowest BCUT2D eigenvalue weighted by atomic mass is 9.71. The highest BCUT2D eigenvalue weighted by molar-refractivity contribution is 6.08. The Morgan fingerprint density at radius 2 is 2.10 bits per heavy atom. The van der Waals surface area contributed by atoms with Gasteiger partial charge in [0.05, 0.1) is 19.8 Å². The molecule has 1 saturated carbocycles. The smallest absolute Gasteiger partial charge is 0.306 e. The molecule has 20 heavy (non-hydrogen) atoms. The number of nitrogens with two attached hydrogens (primary N) is 1. The van der Waals surface area contributed by atoms with E-state index >= 15 is 0 Å². The molecule has 4 atom stereocenters. The molecule has 1 aliphatic rings. The monoisotopic (exact) mass is 280 g/mol. The normalized spacial score (nSPS) is 27.9. The minimum absolute atomic E-state index is 0.00854. The average Bonchev–Trinajstić information content (AvgIpc) is 2.39. The van der Waals surface area contributed by atoms with Gasteiger partial charge in [0.2, 0.25) is 5.91 Å². The highest BCUT2D eigenvalue weighted by Crippen LogP contribution is 2.36. The molecule has 0 unspecified atom stereocenters. The topological polar surface area (TPSA) is 83.6 Å². The lowest BCUT2D eigenvalue weighted by Crippen LogP contribution is -2.45. The van der Waals surface area contributed by atoms with Crippen LogP contribution in [-0.4, -0.2) is 49.4 Å². The summed E-state index contributed by atoms with van der Waals surface area (Å²) < 4.78 is 0. The van der Waals surface area contributed by atoms with Crippen molar-refractivity contribution in [2.75, 3.05) is 13.6 Å². The van der Waals surface area contributed by atoms with E-state index in [1.54, 1.807) is 18.9 Å². The standard InChI is InChI=1S/C14H25BN2O3/c1-9(16)13(18)17(2)8-11-4-3-10(5-6-15)7-12(11)14(19)20/h9-12H,3-8,16H2,1-2H3,(H,19,20)/t9-,10-,11-,12-/m0/s1. The molecule has 0 spiro atoms. The molecule has 112 valence electrons. The molecule has 3 N–H and O–H groups in total.